The third kappa shape index (κ3) is 4.54. The van der Waals surface area contributed by atoms with Crippen LogP contribution >= 0.6 is 0 Å². The second-order valence-electron chi connectivity index (χ2n) is 2.20. The van der Waals surface area contributed by atoms with Crippen LogP contribution in [0.25, 0.3) is 0 Å². The molecule has 2 amide bonds. The molecule has 69 valence electrons. The van der Waals surface area contributed by atoms with Crippen molar-refractivity contribution >= 4 is 12.5 Å². The first kappa shape index (κ1) is 10.7. The van der Waals surface area contributed by atoms with Crippen molar-refractivity contribution in [2.75, 3.05) is 13.7 Å². The largest absolute Gasteiger partial charge is 0.452 e. The maximum Gasteiger partial charge on any atom is 0.425 e. The lowest BCUT2D eigenvalue weighted by Crippen LogP contribution is -2.41. The van der Waals surface area contributed by atoms with Crippen molar-refractivity contribution in [2.24, 2.45) is 0 Å². The number of carbonyl (C=O) groups excluding carboxylic acids is 2. The number of hydrogen-bond acceptors (Lipinski definition) is 3. The monoisotopic (exact) mass is 173 g/mol. The van der Waals surface area contributed by atoms with Gasteiger partial charge in [0, 0.05) is 6.54 Å². The van der Waals surface area contributed by atoms with Gasteiger partial charge >= 0.3 is 12.5 Å². The number of methoxy groups -OCH3 is 1. The van der Waals surface area contributed by atoms with Gasteiger partial charge in [0.2, 0.25) is 0 Å². The molecule has 5 nitrogen and oxygen atoms in total. The van der Waals surface area contributed by atoms with Crippen molar-refractivity contribution in [3.63, 3.8) is 0 Å². The fourth-order valence-corrected chi connectivity index (χ4v) is 0.596. The lowest BCUT2D eigenvalue weighted by atomic mass is 10.3. The molecule has 0 aliphatic heterocycles. The van der Waals surface area contributed by atoms with Gasteiger partial charge in [0.25, 0.3) is 0 Å². The summed E-state index contributed by atoms with van der Waals surface area (Å²) in [4.78, 5) is 20.8. The molecule has 12 heavy (non-hydrogen) atoms. The number of nitrogens with one attached hydrogen (secondary N) is 1. The van der Waals surface area contributed by atoms with E-state index >= 15 is 0 Å². The van der Waals surface area contributed by atoms with Gasteiger partial charge in [-0.15, -0.1) is 0 Å². The Morgan fingerprint density at radius 1 is 1.67 bits per heavy atom. The summed E-state index contributed by atoms with van der Waals surface area (Å²) < 4.78 is 4.29. The highest BCUT2D eigenvalue weighted by molar-refractivity contribution is 5.68. The second-order valence-corrected chi connectivity index (χ2v) is 2.20. The topological polar surface area (TPSA) is 58.6 Å². The van der Waals surface area contributed by atoms with Gasteiger partial charge in [-0.05, 0) is 6.42 Å². The summed E-state index contributed by atoms with van der Waals surface area (Å²) in [5.41, 5.74) is 2.20. The summed E-state index contributed by atoms with van der Waals surface area (Å²) >= 11 is 0. The Labute approximate surface area is 71.6 Å². The van der Waals surface area contributed by atoms with Gasteiger partial charge in [-0.25, -0.2) is 15.2 Å². The molecule has 0 rings (SSSR count). The molecule has 0 unspecified atom stereocenters. The fraction of sp³-hybridized carbons (Fsp3) is 0.714. The van der Waals surface area contributed by atoms with Crippen LogP contribution in [-0.4, -0.2) is 31.2 Å². The predicted molar refractivity (Wildman–Crippen MR) is 42.8 cm³/mol. The van der Waals surface area contributed by atoms with Gasteiger partial charge in [0.05, 0.1) is 7.11 Å². The minimum Gasteiger partial charge on any atom is -0.452 e. The molecule has 0 aromatic carbocycles. The lowest BCUT2D eigenvalue weighted by molar-refractivity contribution is 0.146. The Morgan fingerprint density at radius 3 is 2.75 bits per heavy atom. The van der Waals surface area contributed by atoms with Gasteiger partial charge in [-0.2, -0.15) is 0 Å². The molecular weight excluding hydrogens is 160 g/mol. The first-order valence-corrected chi connectivity index (χ1v) is 3.74. The van der Waals surface area contributed by atoms with Crippen LogP contribution in [0.4, 0.5) is 4.79 Å². The van der Waals surface area contributed by atoms with E-state index in [0.717, 1.165) is 17.9 Å². The minimum absolute atomic E-state index is 0.453. The van der Waals surface area contributed by atoms with Gasteiger partial charge < -0.3 is 4.74 Å². The zero-order chi connectivity index (χ0) is 9.40. The number of nitrogens with zero attached hydrogens (tertiary/aromatic N) is 1. The standard InChI is InChI=1S/C7H13N2O3/c1-3-4-5-9(6-10)8-7(11)12-2/h3-5H2,1-2H3,(H,8,11). The fourth-order valence-electron chi connectivity index (χ4n) is 0.596. The quantitative estimate of drug-likeness (QED) is 0.484. The maximum atomic E-state index is 10.6. The van der Waals surface area contributed by atoms with Crippen LogP contribution in [0.2, 0.25) is 0 Å². The molecule has 0 aromatic heterocycles. The first-order valence-electron chi connectivity index (χ1n) is 3.74. The zero-order valence-electron chi connectivity index (χ0n) is 7.29. The number of ether oxygens (including phenoxy) is 1. The summed E-state index contributed by atoms with van der Waals surface area (Å²) in [6.45, 7) is 2.44. The van der Waals surface area contributed by atoms with Gasteiger partial charge in [0.15, 0.2) is 0 Å². The number of rotatable bonds is 5. The SMILES string of the molecule is CCCCN([C]=O)NC(=O)OC. The average molecular weight is 173 g/mol. The van der Waals surface area contributed by atoms with Crippen LogP contribution in [0.3, 0.4) is 0 Å². The third-order valence-corrected chi connectivity index (χ3v) is 1.26. The first-order chi connectivity index (χ1) is 5.74. The Bertz CT molecular complexity index is 150. The average Bonchev–Trinajstić information content (AvgIpc) is 2.11. The van der Waals surface area contributed by atoms with E-state index in [1.54, 1.807) is 6.41 Å². The Hall–Kier alpha value is -1.26. The van der Waals surface area contributed by atoms with Crippen molar-refractivity contribution in [3.05, 3.63) is 0 Å². The number of carbonyl (C=O) groups is 1. The summed E-state index contributed by atoms with van der Waals surface area (Å²) in [5, 5.41) is 1.04. The molecule has 0 spiro atoms. The van der Waals surface area contributed by atoms with Gasteiger partial charge in [0.1, 0.15) is 0 Å². The highest BCUT2D eigenvalue weighted by Crippen LogP contribution is 1.88. The number of amides is 2. The van der Waals surface area contributed by atoms with Crippen molar-refractivity contribution < 1.29 is 14.3 Å². The summed E-state index contributed by atoms with van der Waals surface area (Å²) in [6, 6.07) is 0. The molecule has 0 heterocycles. The number of hydrazine groups is 1. The van der Waals surface area contributed by atoms with Crippen LogP contribution < -0.4 is 5.43 Å². The van der Waals surface area contributed by atoms with E-state index in [4.69, 9.17) is 0 Å². The van der Waals surface area contributed by atoms with Crippen LogP contribution in [0.1, 0.15) is 19.8 Å². The second kappa shape index (κ2) is 6.45. The van der Waals surface area contributed by atoms with E-state index in [2.05, 4.69) is 10.2 Å². The molecular formula is C7H13N2O3. The van der Waals surface area contributed by atoms with Crippen molar-refractivity contribution in [3.8, 4) is 0 Å². The molecule has 0 aliphatic carbocycles. The van der Waals surface area contributed by atoms with E-state index in [1.165, 1.54) is 7.11 Å². The summed E-state index contributed by atoms with van der Waals surface area (Å²) in [7, 11) is 1.23. The van der Waals surface area contributed by atoms with E-state index in [1.807, 2.05) is 6.92 Å². The molecule has 0 aliphatic rings. The molecule has 0 fully saturated rings. The highest BCUT2D eigenvalue weighted by atomic mass is 16.5. The zero-order valence-corrected chi connectivity index (χ0v) is 7.29. The third-order valence-electron chi connectivity index (χ3n) is 1.26. The molecule has 0 bridgehead atoms. The van der Waals surface area contributed by atoms with Crippen LogP contribution in [0, 0.1) is 0 Å². The number of unbranched alkanes of at least 4 members (excludes halogenated alkanes) is 1. The van der Waals surface area contributed by atoms with Gasteiger partial charge in [-0.3, -0.25) is 4.79 Å². The predicted octanol–water partition coefficient (Wildman–Crippen LogP) is 0.427. The van der Waals surface area contributed by atoms with Crippen LogP contribution in [-0.2, 0) is 9.53 Å². The molecule has 0 atom stereocenters. The maximum absolute atomic E-state index is 10.6. The summed E-state index contributed by atoms with van der Waals surface area (Å²) in [5.74, 6) is 0. The van der Waals surface area contributed by atoms with Gasteiger partial charge in [-0.1, -0.05) is 13.3 Å². The normalized spacial score (nSPS) is 8.83. The summed E-state index contributed by atoms with van der Waals surface area (Å²) in [6.07, 6.45) is 2.68. The molecule has 1 radical (unpaired) electrons. The minimum atomic E-state index is -0.658. The molecule has 0 saturated heterocycles. The Morgan fingerprint density at radius 2 is 2.33 bits per heavy atom. The van der Waals surface area contributed by atoms with E-state index in [9.17, 15) is 9.59 Å². The molecule has 5 heteroatoms. The van der Waals surface area contributed by atoms with Crippen LogP contribution in [0.5, 0.6) is 0 Å². The van der Waals surface area contributed by atoms with E-state index < -0.39 is 6.09 Å². The smallest absolute Gasteiger partial charge is 0.425 e. The molecule has 0 saturated carbocycles. The molecule has 1 N–H and O–H groups in total. The Kier molecular flexibility index (Phi) is 5.77. The van der Waals surface area contributed by atoms with Crippen molar-refractivity contribution in [1.82, 2.24) is 10.4 Å². The molecule has 0 aromatic rings. The number of hydrogen-bond donors (Lipinski definition) is 1. The van der Waals surface area contributed by atoms with Crippen molar-refractivity contribution in [2.45, 2.75) is 19.8 Å². The van der Waals surface area contributed by atoms with E-state index in [0.29, 0.717) is 6.54 Å². The van der Waals surface area contributed by atoms with Crippen molar-refractivity contribution in [1.29, 1.82) is 0 Å². The Balaban J connectivity index is 3.66. The van der Waals surface area contributed by atoms with E-state index in [-0.39, 0.29) is 0 Å². The highest BCUT2D eigenvalue weighted by Gasteiger charge is 2.05. The van der Waals surface area contributed by atoms with Crippen LogP contribution in [0.15, 0.2) is 0 Å². The lowest BCUT2D eigenvalue weighted by Gasteiger charge is -2.15.